The fraction of sp³-hybridized carbons (Fsp3) is 0.533. The summed E-state index contributed by atoms with van der Waals surface area (Å²) in [4.78, 5) is 14.2. The Morgan fingerprint density at radius 2 is 2.14 bits per heavy atom. The highest BCUT2D eigenvalue weighted by Gasteiger charge is 2.23. The predicted molar refractivity (Wildman–Crippen MR) is 78.1 cm³/mol. The number of rotatable bonds is 2. The van der Waals surface area contributed by atoms with Crippen molar-refractivity contribution in [2.24, 2.45) is 0 Å². The molecule has 21 heavy (non-hydrogen) atoms. The minimum atomic E-state index is 0.0814. The Balaban J connectivity index is 1.72. The highest BCUT2D eigenvalue weighted by molar-refractivity contribution is 6.32. The van der Waals surface area contributed by atoms with Gasteiger partial charge in [0.2, 0.25) is 5.91 Å². The van der Waals surface area contributed by atoms with Crippen LogP contribution in [0.25, 0.3) is 0 Å². The second kappa shape index (κ2) is 6.12. The van der Waals surface area contributed by atoms with Gasteiger partial charge in [0.25, 0.3) is 0 Å². The summed E-state index contributed by atoms with van der Waals surface area (Å²) < 4.78 is 16.5. The largest absolute Gasteiger partial charge is 0.486 e. The zero-order chi connectivity index (χ0) is 14.8. The fourth-order valence-electron chi connectivity index (χ4n) is 2.60. The van der Waals surface area contributed by atoms with E-state index in [-0.39, 0.29) is 12.0 Å². The van der Waals surface area contributed by atoms with Gasteiger partial charge in [0, 0.05) is 13.1 Å². The highest BCUT2D eigenvalue weighted by atomic mass is 35.5. The van der Waals surface area contributed by atoms with Gasteiger partial charge in [0.1, 0.15) is 13.2 Å². The van der Waals surface area contributed by atoms with Gasteiger partial charge in [0.05, 0.1) is 24.2 Å². The lowest BCUT2D eigenvalue weighted by molar-refractivity contribution is -0.137. The van der Waals surface area contributed by atoms with Gasteiger partial charge in [0.15, 0.2) is 11.5 Å². The van der Waals surface area contributed by atoms with Crippen LogP contribution in [0.15, 0.2) is 12.1 Å². The lowest BCUT2D eigenvalue weighted by atomic mass is 10.1. The second-order valence-corrected chi connectivity index (χ2v) is 5.71. The number of nitrogens with zero attached hydrogens (tertiary/aromatic N) is 1. The Morgan fingerprint density at radius 1 is 1.33 bits per heavy atom. The Bertz CT molecular complexity index is 549. The number of morpholine rings is 1. The molecule has 1 atom stereocenters. The Labute approximate surface area is 128 Å². The maximum atomic E-state index is 12.3. The first kappa shape index (κ1) is 14.5. The van der Waals surface area contributed by atoms with Crippen LogP contribution in [0.1, 0.15) is 12.5 Å². The van der Waals surface area contributed by atoms with Gasteiger partial charge < -0.3 is 19.1 Å². The summed E-state index contributed by atoms with van der Waals surface area (Å²) in [5.74, 6) is 1.27. The van der Waals surface area contributed by atoms with Gasteiger partial charge in [-0.3, -0.25) is 4.79 Å². The molecular weight excluding hydrogens is 294 g/mol. The maximum absolute atomic E-state index is 12.3. The summed E-state index contributed by atoms with van der Waals surface area (Å²) in [5, 5.41) is 0.491. The van der Waals surface area contributed by atoms with E-state index >= 15 is 0 Å². The van der Waals surface area contributed by atoms with Crippen molar-refractivity contribution in [3.8, 4) is 11.5 Å². The van der Waals surface area contributed by atoms with E-state index in [2.05, 4.69) is 0 Å². The molecule has 1 fully saturated rings. The molecule has 114 valence electrons. The van der Waals surface area contributed by atoms with Crippen molar-refractivity contribution >= 4 is 17.5 Å². The molecule has 0 aliphatic carbocycles. The molecule has 0 N–H and O–H groups in total. The van der Waals surface area contributed by atoms with E-state index in [1.165, 1.54) is 0 Å². The summed E-state index contributed by atoms with van der Waals surface area (Å²) in [6, 6.07) is 3.61. The minimum absolute atomic E-state index is 0.0814. The van der Waals surface area contributed by atoms with E-state index in [0.717, 1.165) is 5.56 Å². The van der Waals surface area contributed by atoms with E-state index in [9.17, 15) is 4.79 Å². The zero-order valence-corrected chi connectivity index (χ0v) is 12.7. The lowest BCUT2D eigenvalue weighted by Gasteiger charge is -2.31. The number of fused-ring (bicyclic) bond motifs is 1. The third-order valence-corrected chi connectivity index (χ3v) is 3.89. The molecule has 2 heterocycles. The number of carbonyl (C=O) groups excluding carboxylic acids is 1. The van der Waals surface area contributed by atoms with Crippen LogP contribution in [0.3, 0.4) is 0 Å². The lowest BCUT2D eigenvalue weighted by Crippen LogP contribution is -2.45. The van der Waals surface area contributed by atoms with E-state index < -0.39 is 0 Å². The van der Waals surface area contributed by atoms with Crippen LogP contribution >= 0.6 is 11.6 Å². The van der Waals surface area contributed by atoms with Gasteiger partial charge in [-0.2, -0.15) is 0 Å². The average molecular weight is 312 g/mol. The van der Waals surface area contributed by atoms with Crippen LogP contribution in [0.5, 0.6) is 11.5 Å². The molecule has 1 amide bonds. The van der Waals surface area contributed by atoms with Crippen molar-refractivity contribution in [1.29, 1.82) is 0 Å². The van der Waals surface area contributed by atoms with E-state index in [1.54, 1.807) is 6.07 Å². The SMILES string of the molecule is C[C@H]1CN(C(=O)Cc2cc(Cl)c3c(c2)OCCO3)CCO1. The van der Waals surface area contributed by atoms with Crippen LogP contribution < -0.4 is 9.47 Å². The molecule has 0 aromatic heterocycles. The molecule has 6 heteroatoms. The molecule has 0 bridgehead atoms. The maximum Gasteiger partial charge on any atom is 0.227 e. The van der Waals surface area contributed by atoms with Crippen LogP contribution in [0.4, 0.5) is 0 Å². The Kier molecular flexibility index (Phi) is 4.22. The van der Waals surface area contributed by atoms with Crippen molar-refractivity contribution in [2.75, 3.05) is 32.9 Å². The molecule has 0 spiro atoms. The predicted octanol–water partition coefficient (Wildman–Crippen LogP) is 1.90. The van der Waals surface area contributed by atoms with Gasteiger partial charge in [-0.05, 0) is 24.6 Å². The molecule has 0 saturated carbocycles. The summed E-state index contributed by atoms with van der Waals surface area (Å²) in [5.41, 5.74) is 0.841. The van der Waals surface area contributed by atoms with Crippen molar-refractivity contribution in [2.45, 2.75) is 19.4 Å². The van der Waals surface area contributed by atoms with Crippen molar-refractivity contribution in [3.63, 3.8) is 0 Å². The summed E-state index contributed by atoms with van der Waals surface area (Å²) >= 11 is 6.19. The van der Waals surface area contributed by atoms with Gasteiger partial charge >= 0.3 is 0 Å². The monoisotopic (exact) mass is 311 g/mol. The van der Waals surface area contributed by atoms with Gasteiger partial charge in [-0.1, -0.05) is 11.6 Å². The number of benzene rings is 1. The molecule has 1 saturated heterocycles. The Hall–Kier alpha value is -1.46. The second-order valence-electron chi connectivity index (χ2n) is 5.30. The van der Waals surface area contributed by atoms with Crippen molar-refractivity contribution in [3.05, 3.63) is 22.7 Å². The molecular formula is C15H18ClNO4. The first-order valence-corrected chi connectivity index (χ1v) is 7.48. The molecule has 1 aromatic rings. The van der Waals surface area contributed by atoms with Crippen molar-refractivity contribution in [1.82, 2.24) is 4.90 Å². The topological polar surface area (TPSA) is 48.0 Å². The minimum Gasteiger partial charge on any atom is -0.486 e. The molecule has 1 aromatic carbocycles. The van der Waals surface area contributed by atoms with Crippen LogP contribution in [-0.4, -0.2) is 49.8 Å². The van der Waals surface area contributed by atoms with E-state index in [4.69, 9.17) is 25.8 Å². The quantitative estimate of drug-likeness (QED) is 0.837. The molecule has 2 aliphatic rings. The molecule has 0 unspecified atom stereocenters. The number of hydrogen-bond donors (Lipinski definition) is 0. The number of carbonyl (C=O) groups is 1. The number of halogens is 1. The van der Waals surface area contributed by atoms with Crippen molar-refractivity contribution < 1.29 is 19.0 Å². The van der Waals surface area contributed by atoms with Gasteiger partial charge in [-0.25, -0.2) is 0 Å². The smallest absolute Gasteiger partial charge is 0.227 e. The molecule has 5 nitrogen and oxygen atoms in total. The standard InChI is InChI=1S/C15H18ClNO4/c1-10-9-17(2-3-19-10)14(18)8-11-6-12(16)15-13(7-11)20-4-5-21-15/h6-7,10H,2-5,8-9H2,1H3/t10-/m0/s1. The number of amides is 1. The highest BCUT2D eigenvalue weighted by Crippen LogP contribution is 2.38. The fourth-order valence-corrected chi connectivity index (χ4v) is 2.89. The molecule has 3 rings (SSSR count). The Morgan fingerprint density at radius 3 is 2.95 bits per heavy atom. The van der Waals surface area contributed by atoms with Gasteiger partial charge in [-0.15, -0.1) is 0 Å². The zero-order valence-electron chi connectivity index (χ0n) is 11.9. The van der Waals surface area contributed by atoms with Crippen LogP contribution in [0, 0.1) is 0 Å². The summed E-state index contributed by atoms with van der Waals surface area (Å²) in [6.45, 7) is 4.84. The summed E-state index contributed by atoms with van der Waals surface area (Å²) in [6.07, 6.45) is 0.398. The third kappa shape index (κ3) is 3.24. The van der Waals surface area contributed by atoms with Crippen LogP contribution in [-0.2, 0) is 16.0 Å². The number of hydrogen-bond acceptors (Lipinski definition) is 4. The first-order valence-electron chi connectivity index (χ1n) is 7.11. The molecule has 0 radical (unpaired) electrons. The third-order valence-electron chi connectivity index (χ3n) is 3.61. The van der Waals surface area contributed by atoms with E-state index in [1.807, 2.05) is 17.9 Å². The molecule has 2 aliphatic heterocycles. The van der Waals surface area contributed by atoms with E-state index in [0.29, 0.717) is 55.9 Å². The normalized spacial score (nSPS) is 21.2. The first-order chi connectivity index (χ1) is 10.1. The number of ether oxygens (including phenoxy) is 3. The summed E-state index contributed by atoms with van der Waals surface area (Å²) in [7, 11) is 0. The van der Waals surface area contributed by atoms with Crippen LogP contribution in [0.2, 0.25) is 5.02 Å². The average Bonchev–Trinajstić information content (AvgIpc) is 2.47.